The molecule has 0 radical (unpaired) electrons. The Bertz CT molecular complexity index is 342. The van der Waals surface area contributed by atoms with Crippen LogP contribution in [0.15, 0.2) is 0 Å². The van der Waals surface area contributed by atoms with Crippen LogP contribution < -0.4 is 5.32 Å². The van der Waals surface area contributed by atoms with Crippen LogP contribution in [0.3, 0.4) is 0 Å². The minimum absolute atomic E-state index is 0.177. The van der Waals surface area contributed by atoms with E-state index in [1.54, 1.807) is 0 Å². The number of nitrogens with zero attached hydrogens (tertiary/aromatic N) is 1. The van der Waals surface area contributed by atoms with E-state index in [9.17, 15) is 9.00 Å². The zero-order valence-corrected chi connectivity index (χ0v) is 14.5. The maximum absolute atomic E-state index is 11.9. The van der Waals surface area contributed by atoms with Gasteiger partial charge >= 0.3 is 5.97 Å². The van der Waals surface area contributed by atoms with Crippen molar-refractivity contribution in [1.82, 2.24) is 10.2 Å². The summed E-state index contributed by atoms with van der Waals surface area (Å²) in [4.78, 5) is 14.3. The van der Waals surface area contributed by atoms with Crippen molar-refractivity contribution in [3.8, 4) is 0 Å². The molecule has 1 heterocycles. The van der Waals surface area contributed by atoms with Crippen LogP contribution in [0.4, 0.5) is 0 Å². The molecule has 21 heavy (non-hydrogen) atoms. The Morgan fingerprint density at radius 3 is 2.57 bits per heavy atom. The van der Waals surface area contributed by atoms with Gasteiger partial charge in [0.2, 0.25) is 0 Å². The van der Waals surface area contributed by atoms with E-state index >= 15 is 0 Å². The fourth-order valence-corrected chi connectivity index (χ4v) is 3.73. The monoisotopic (exact) mass is 318 g/mol. The second-order valence-electron chi connectivity index (χ2n) is 5.90. The molecule has 1 atom stereocenters. The molecular weight excluding hydrogens is 288 g/mol. The Labute approximate surface area is 131 Å². The number of carbonyl (C=O) groups excluding carboxylic acids is 1. The summed E-state index contributed by atoms with van der Waals surface area (Å²) in [6.45, 7) is 7.75. The Morgan fingerprint density at radius 2 is 2.00 bits per heavy atom. The molecule has 1 rings (SSSR count). The number of hydrogen-bond donors (Lipinski definition) is 1. The molecular formula is C15H30N2O3S. The van der Waals surface area contributed by atoms with Crippen LogP contribution in [0.2, 0.25) is 0 Å². The molecule has 6 heteroatoms. The second kappa shape index (κ2) is 9.54. The molecule has 0 aromatic heterocycles. The maximum Gasteiger partial charge on any atom is 0.325 e. The first-order chi connectivity index (χ1) is 10.0. The summed E-state index contributed by atoms with van der Waals surface area (Å²) in [5, 5.41) is 3.31. The molecule has 5 nitrogen and oxygen atoms in total. The van der Waals surface area contributed by atoms with Crippen LogP contribution in [0.1, 0.15) is 39.5 Å². The van der Waals surface area contributed by atoms with Crippen molar-refractivity contribution in [1.29, 1.82) is 0 Å². The molecule has 0 aromatic carbocycles. The van der Waals surface area contributed by atoms with Gasteiger partial charge in [0.15, 0.2) is 0 Å². The summed E-state index contributed by atoms with van der Waals surface area (Å²) >= 11 is 0. The summed E-state index contributed by atoms with van der Waals surface area (Å²) in [6, 6.07) is 0. The zero-order chi connectivity index (χ0) is 15.7. The molecule has 1 N–H and O–H groups in total. The van der Waals surface area contributed by atoms with Crippen LogP contribution in [-0.4, -0.2) is 65.4 Å². The Morgan fingerprint density at radius 1 is 1.33 bits per heavy atom. The van der Waals surface area contributed by atoms with E-state index in [4.69, 9.17) is 4.74 Å². The van der Waals surface area contributed by atoms with Crippen molar-refractivity contribution in [3.05, 3.63) is 0 Å². The summed E-state index contributed by atoms with van der Waals surface area (Å²) in [5.41, 5.74) is -0.575. The minimum atomic E-state index is -0.606. The van der Waals surface area contributed by atoms with E-state index in [1.807, 2.05) is 6.92 Å². The highest BCUT2D eigenvalue weighted by molar-refractivity contribution is 7.85. The van der Waals surface area contributed by atoms with Crippen molar-refractivity contribution in [2.45, 2.75) is 45.1 Å². The lowest BCUT2D eigenvalue weighted by Gasteiger charge is -2.29. The highest BCUT2D eigenvalue weighted by atomic mass is 32.2. The summed E-state index contributed by atoms with van der Waals surface area (Å²) in [6.07, 6.45) is 3.84. The lowest BCUT2D eigenvalue weighted by Crippen LogP contribution is -2.50. The number of rotatable bonds is 9. The maximum atomic E-state index is 11.9. The van der Waals surface area contributed by atoms with Gasteiger partial charge in [-0.25, -0.2) is 0 Å². The van der Waals surface area contributed by atoms with Crippen LogP contribution in [0.25, 0.3) is 0 Å². The number of unbranched alkanes of at least 4 members (excludes halogenated alkanes) is 1. The number of esters is 1. The molecule has 1 aliphatic rings. The van der Waals surface area contributed by atoms with Gasteiger partial charge in [-0.3, -0.25) is 9.00 Å². The number of ether oxygens (including phenoxy) is 1. The largest absolute Gasteiger partial charge is 0.468 e. The number of nitrogens with one attached hydrogen (secondary N) is 1. The van der Waals surface area contributed by atoms with E-state index in [-0.39, 0.29) is 5.97 Å². The Kier molecular flexibility index (Phi) is 8.44. The van der Waals surface area contributed by atoms with Crippen molar-refractivity contribution in [2.24, 2.45) is 0 Å². The SMILES string of the molecule is CCCNC(C)(CCCCN1CCS(=O)CC1)C(=O)OC. The average molecular weight is 318 g/mol. The molecule has 1 aliphatic heterocycles. The van der Waals surface area contributed by atoms with Crippen LogP contribution in [0.5, 0.6) is 0 Å². The molecule has 124 valence electrons. The molecule has 0 aliphatic carbocycles. The van der Waals surface area contributed by atoms with Gasteiger partial charge in [-0.2, -0.15) is 0 Å². The lowest BCUT2D eigenvalue weighted by molar-refractivity contribution is -0.148. The molecule has 0 aromatic rings. The Balaban J connectivity index is 2.29. The fourth-order valence-electron chi connectivity index (χ4n) is 2.60. The predicted octanol–water partition coefficient (Wildman–Crippen LogP) is 1.15. The van der Waals surface area contributed by atoms with Crippen molar-refractivity contribution < 1.29 is 13.7 Å². The molecule has 0 amide bonds. The van der Waals surface area contributed by atoms with Gasteiger partial charge in [-0.15, -0.1) is 0 Å². The smallest absolute Gasteiger partial charge is 0.325 e. The van der Waals surface area contributed by atoms with Gasteiger partial charge in [0.05, 0.1) is 7.11 Å². The number of hydrogen-bond acceptors (Lipinski definition) is 5. The average Bonchev–Trinajstić information content (AvgIpc) is 2.50. The molecule has 1 saturated heterocycles. The summed E-state index contributed by atoms with van der Waals surface area (Å²) in [5.74, 6) is 1.43. The van der Waals surface area contributed by atoms with E-state index in [0.717, 1.165) is 63.4 Å². The van der Waals surface area contributed by atoms with Crippen molar-refractivity contribution in [2.75, 3.05) is 44.8 Å². The quantitative estimate of drug-likeness (QED) is 0.510. The molecule has 0 bridgehead atoms. The Hall–Kier alpha value is -0.460. The normalized spacial score (nSPS) is 20.1. The number of methoxy groups -OCH3 is 1. The van der Waals surface area contributed by atoms with E-state index in [1.165, 1.54) is 7.11 Å². The second-order valence-corrected chi connectivity index (χ2v) is 7.59. The van der Waals surface area contributed by atoms with Gasteiger partial charge in [-0.05, 0) is 45.7 Å². The van der Waals surface area contributed by atoms with E-state index in [2.05, 4.69) is 17.1 Å². The fraction of sp³-hybridized carbons (Fsp3) is 0.933. The van der Waals surface area contributed by atoms with Crippen molar-refractivity contribution >= 4 is 16.8 Å². The lowest BCUT2D eigenvalue weighted by atomic mass is 9.94. The highest BCUT2D eigenvalue weighted by Gasteiger charge is 2.32. The third-order valence-electron chi connectivity index (χ3n) is 4.07. The van der Waals surface area contributed by atoms with Gasteiger partial charge in [-0.1, -0.05) is 6.92 Å². The summed E-state index contributed by atoms with van der Waals surface area (Å²) < 4.78 is 16.2. The standard InChI is InChI=1S/C15H30N2O3S/c1-4-8-16-15(2,14(18)20-3)7-5-6-9-17-10-12-21(19)13-11-17/h16H,4-13H2,1-3H3. The zero-order valence-electron chi connectivity index (χ0n) is 13.7. The van der Waals surface area contributed by atoms with Gasteiger partial charge in [0, 0.05) is 35.4 Å². The molecule has 0 spiro atoms. The molecule has 0 saturated carbocycles. The third-order valence-corrected chi connectivity index (χ3v) is 5.35. The van der Waals surface area contributed by atoms with Crippen molar-refractivity contribution in [3.63, 3.8) is 0 Å². The summed E-state index contributed by atoms with van der Waals surface area (Å²) in [7, 11) is 0.840. The highest BCUT2D eigenvalue weighted by Crippen LogP contribution is 2.16. The van der Waals surface area contributed by atoms with Gasteiger partial charge in [0.25, 0.3) is 0 Å². The van der Waals surface area contributed by atoms with Crippen LogP contribution in [-0.2, 0) is 20.3 Å². The van der Waals surface area contributed by atoms with Gasteiger partial charge in [0.1, 0.15) is 5.54 Å². The van der Waals surface area contributed by atoms with Gasteiger partial charge < -0.3 is 15.0 Å². The molecule has 1 fully saturated rings. The van der Waals surface area contributed by atoms with Crippen LogP contribution >= 0.6 is 0 Å². The van der Waals surface area contributed by atoms with E-state index in [0.29, 0.717) is 0 Å². The first kappa shape index (κ1) is 18.6. The first-order valence-electron chi connectivity index (χ1n) is 7.92. The first-order valence-corrected chi connectivity index (χ1v) is 9.41. The number of carbonyl (C=O) groups is 1. The van der Waals surface area contributed by atoms with E-state index < -0.39 is 16.3 Å². The third kappa shape index (κ3) is 6.45. The predicted molar refractivity (Wildman–Crippen MR) is 86.9 cm³/mol. The van der Waals surface area contributed by atoms with Crippen LogP contribution in [0, 0.1) is 0 Å². The molecule has 1 unspecified atom stereocenters. The minimum Gasteiger partial charge on any atom is -0.468 e. The topological polar surface area (TPSA) is 58.6 Å².